The molecular formula is C10H11NO3. The zero-order valence-corrected chi connectivity index (χ0v) is 7.90. The third-order valence-electron chi connectivity index (χ3n) is 2.46. The molecule has 0 unspecified atom stereocenters. The first-order valence-electron chi connectivity index (χ1n) is 4.51. The van der Waals surface area contributed by atoms with Gasteiger partial charge in [-0.1, -0.05) is 0 Å². The van der Waals surface area contributed by atoms with Crippen LogP contribution in [-0.4, -0.2) is 16.5 Å². The van der Waals surface area contributed by atoms with Crippen LogP contribution < -0.4 is 0 Å². The summed E-state index contributed by atoms with van der Waals surface area (Å²) in [5.74, 6) is -0.872. The maximum Gasteiger partial charge on any atom is 0.314 e. The highest BCUT2D eigenvalue weighted by Gasteiger charge is 2.29. The van der Waals surface area contributed by atoms with E-state index in [0.29, 0.717) is 12.8 Å². The lowest BCUT2D eigenvalue weighted by molar-refractivity contribution is -0.164. The molecule has 1 fully saturated rings. The quantitative estimate of drug-likeness (QED) is 0.493. The molecule has 1 saturated heterocycles. The number of rotatable bonds is 1. The number of ether oxygens (including phenoxy) is 1. The van der Waals surface area contributed by atoms with E-state index in [9.17, 15) is 9.59 Å². The summed E-state index contributed by atoms with van der Waals surface area (Å²) in [7, 11) is 1.90. The Morgan fingerprint density at radius 2 is 2.00 bits per heavy atom. The van der Waals surface area contributed by atoms with E-state index in [1.807, 2.05) is 29.9 Å². The number of aryl methyl sites for hydroxylation is 1. The monoisotopic (exact) mass is 193 g/mol. The predicted molar refractivity (Wildman–Crippen MR) is 48.5 cm³/mol. The molecule has 0 aromatic carbocycles. The second-order valence-corrected chi connectivity index (χ2v) is 3.50. The molecule has 0 aliphatic carbocycles. The number of hydrogen-bond acceptors (Lipinski definition) is 3. The van der Waals surface area contributed by atoms with Crippen molar-refractivity contribution in [1.82, 2.24) is 4.57 Å². The molecule has 0 bridgehead atoms. The van der Waals surface area contributed by atoms with Crippen molar-refractivity contribution in [2.45, 2.75) is 18.8 Å². The Morgan fingerprint density at radius 1 is 1.36 bits per heavy atom. The first kappa shape index (κ1) is 8.99. The summed E-state index contributed by atoms with van der Waals surface area (Å²) in [5, 5.41) is 0. The number of nitrogens with zero attached hydrogens (tertiary/aromatic N) is 1. The molecular weight excluding hydrogens is 182 g/mol. The van der Waals surface area contributed by atoms with E-state index in [0.717, 1.165) is 5.69 Å². The topological polar surface area (TPSA) is 48.3 Å². The fraction of sp³-hybridized carbons (Fsp3) is 0.400. The van der Waals surface area contributed by atoms with Crippen LogP contribution >= 0.6 is 0 Å². The lowest BCUT2D eigenvalue weighted by Crippen LogP contribution is -2.25. The maximum atomic E-state index is 11.0. The van der Waals surface area contributed by atoms with E-state index in [2.05, 4.69) is 4.74 Å². The minimum absolute atomic E-state index is 0.0243. The van der Waals surface area contributed by atoms with Crippen molar-refractivity contribution in [1.29, 1.82) is 0 Å². The first-order valence-corrected chi connectivity index (χ1v) is 4.51. The summed E-state index contributed by atoms with van der Waals surface area (Å²) < 4.78 is 6.39. The minimum Gasteiger partial charge on any atom is -0.393 e. The van der Waals surface area contributed by atoms with Gasteiger partial charge in [-0.05, 0) is 12.1 Å². The Balaban J connectivity index is 2.23. The van der Waals surface area contributed by atoms with Crippen molar-refractivity contribution in [3.05, 3.63) is 24.0 Å². The lowest BCUT2D eigenvalue weighted by atomic mass is 9.96. The SMILES string of the molecule is Cn1cccc1C1CC(=O)OC(=O)C1. The zero-order chi connectivity index (χ0) is 10.1. The van der Waals surface area contributed by atoms with Crippen molar-refractivity contribution in [3.63, 3.8) is 0 Å². The van der Waals surface area contributed by atoms with Gasteiger partial charge in [-0.3, -0.25) is 9.59 Å². The predicted octanol–water partition coefficient (Wildman–Crippen LogP) is 0.972. The molecule has 0 radical (unpaired) electrons. The van der Waals surface area contributed by atoms with Gasteiger partial charge in [0.05, 0.1) is 12.8 Å². The number of aromatic nitrogens is 1. The lowest BCUT2D eigenvalue weighted by Gasteiger charge is -2.20. The van der Waals surface area contributed by atoms with Crippen molar-refractivity contribution in [2.24, 2.45) is 7.05 Å². The van der Waals surface area contributed by atoms with Gasteiger partial charge in [-0.15, -0.1) is 0 Å². The Bertz CT molecular complexity index is 364. The highest BCUT2D eigenvalue weighted by molar-refractivity contribution is 5.89. The van der Waals surface area contributed by atoms with Crippen LogP contribution in [0.1, 0.15) is 24.5 Å². The van der Waals surface area contributed by atoms with Crippen molar-refractivity contribution in [2.75, 3.05) is 0 Å². The molecule has 0 amide bonds. The zero-order valence-electron chi connectivity index (χ0n) is 7.90. The molecule has 2 heterocycles. The molecule has 4 nitrogen and oxygen atoms in total. The molecule has 1 aromatic rings. The van der Waals surface area contributed by atoms with E-state index in [4.69, 9.17) is 0 Å². The summed E-state index contributed by atoms with van der Waals surface area (Å²) in [6, 6.07) is 3.83. The van der Waals surface area contributed by atoms with Gasteiger partial charge in [0.15, 0.2) is 0 Å². The number of hydrogen-bond donors (Lipinski definition) is 0. The smallest absolute Gasteiger partial charge is 0.314 e. The first-order chi connectivity index (χ1) is 6.66. The van der Waals surface area contributed by atoms with Crippen molar-refractivity contribution < 1.29 is 14.3 Å². The second-order valence-electron chi connectivity index (χ2n) is 3.50. The molecule has 0 atom stereocenters. The molecule has 1 aliphatic rings. The van der Waals surface area contributed by atoms with Gasteiger partial charge < -0.3 is 9.30 Å². The molecule has 1 aromatic heterocycles. The Hall–Kier alpha value is -1.58. The Labute approximate surface area is 81.5 Å². The van der Waals surface area contributed by atoms with Gasteiger partial charge in [0, 0.05) is 24.9 Å². The van der Waals surface area contributed by atoms with Crippen molar-refractivity contribution in [3.8, 4) is 0 Å². The van der Waals surface area contributed by atoms with Crippen LogP contribution in [0.3, 0.4) is 0 Å². The molecule has 2 rings (SSSR count). The molecule has 0 saturated carbocycles. The van der Waals surface area contributed by atoms with E-state index in [-0.39, 0.29) is 5.92 Å². The van der Waals surface area contributed by atoms with Crippen LogP contribution in [0.15, 0.2) is 18.3 Å². The fourth-order valence-electron chi connectivity index (χ4n) is 1.79. The van der Waals surface area contributed by atoms with Crippen LogP contribution in [-0.2, 0) is 21.4 Å². The number of cyclic esters (lactones) is 2. The van der Waals surface area contributed by atoms with Gasteiger partial charge >= 0.3 is 11.9 Å². The van der Waals surface area contributed by atoms with Crippen LogP contribution in [0.4, 0.5) is 0 Å². The van der Waals surface area contributed by atoms with E-state index >= 15 is 0 Å². The van der Waals surface area contributed by atoms with E-state index in [1.54, 1.807) is 0 Å². The van der Waals surface area contributed by atoms with Gasteiger partial charge in [0.1, 0.15) is 0 Å². The Kier molecular flexibility index (Phi) is 2.11. The van der Waals surface area contributed by atoms with Crippen LogP contribution in [0.25, 0.3) is 0 Å². The normalized spacial score (nSPS) is 18.4. The average Bonchev–Trinajstić information content (AvgIpc) is 2.49. The summed E-state index contributed by atoms with van der Waals surface area (Å²) in [6.07, 6.45) is 2.49. The van der Waals surface area contributed by atoms with Gasteiger partial charge in [-0.2, -0.15) is 0 Å². The number of carbonyl (C=O) groups is 2. The molecule has 1 aliphatic heterocycles. The fourth-order valence-corrected chi connectivity index (χ4v) is 1.79. The number of esters is 2. The summed E-state index contributed by atoms with van der Waals surface area (Å²) >= 11 is 0. The molecule has 74 valence electrons. The largest absolute Gasteiger partial charge is 0.393 e. The van der Waals surface area contributed by atoms with Gasteiger partial charge in [0.25, 0.3) is 0 Å². The van der Waals surface area contributed by atoms with Gasteiger partial charge in [0.2, 0.25) is 0 Å². The van der Waals surface area contributed by atoms with Gasteiger partial charge in [-0.25, -0.2) is 0 Å². The maximum absolute atomic E-state index is 11.0. The minimum atomic E-state index is -0.424. The molecule has 4 heteroatoms. The van der Waals surface area contributed by atoms with Crippen LogP contribution in [0, 0.1) is 0 Å². The second kappa shape index (κ2) is 3.29. The molecule has 14 heavy (non-hydrogen) atoms. The standard InChI is InChI=1S/C10H11NO3/c1-11-4-2-3-8(11)7-5-9(12)14-10(13)6-7/h2-4,7H,5-6H2,1H3. The summed E-state index contributed by atoms with van der Waals surface area (Å²) in [5.41, 5.74) is 1.01. The summed E-state index contributed by atoms with van der Waals surface area (Å²) in [6.45, 7) is 0. The number of carbonyl (C=O) groups excluding carboxylic acids is 2. The Morgan fingerprint density at radius 3 is 2.50 bits per heavy atom. The summed E-state index contributed by atoms with van der Waals surface area (Å²) in [4.78, 5) is 22.1. The van der Waals surface area contributed by atoms with Crippen LogP contribution in [0.5, 0.6) is 0 Å². The highest BCUT2D eigenvalue weighted by Crippen LogP contribution is 2.27. The molecule has 0 spiro atoms. The van der Waals surface area contributed by atoms with E-state index in [1.165, 1.54) is 0 Å². The average molecular weight is 193 g/mol. The third kappa shape index (κ3) is 1.55. The molecule has 0 N–H and O–H groups in total. The highest BCUT2D eigenvalue weighted by atomic mass is 16.6. The van der Waals surface area contributed by atoms with Crippen molar-refractivity contribution >= 4 is 11.9 Å². The van der Waals surface area contributed by atoms with Crippen LogP contribution in [0.2, 0.25) is 0 Å². The van der Waals surface area contributed by atoms with E-state index < -0.39 is 11.9 Å². The third-order valence-corrected chi connectivity index (χ3v) is 2.46.